The fourth-order valence-corrected chi connectivity index (χ4v) is 2.31. The van der Waals surface area contributed by atoms with Crippen LogP contribution in [0.25, 0.3) is 0 Å². The van der Waals surface area contributed by atoms with Gasteiger partial charge in [-0.05, 0) is 12.1 Å². The second kappa shape index (κ2) is 6.23. The zero-order valence-corrected chi connectivity index (χ0v) is 12.1. The molecule has 2 heterocycles. The van der Waals surface area contributed by atoms with Crippen LogP contribution in [0.2, 0.25) is 0 Å². The summed E-state index contributed by atoms with van der Waals surface area (Å²) in [5, 5.41) is 11.8. The number of benzene rings is 1. The molecule has 1 fully saturated rings. The van der Waals surface area contributed by atoms with Crippen LogP contribution in [-0.2, 0) is 4.79 Å². The number of para-hydroxylation sites is 1. The first-order valence-corrected chi connectivity index (χ1v) is 7.04. The van der Waals surface area contributed by atoms with Gasteiger partial charge in [-0.3, -0.25) is 14.6 Å². The Kier molecular flexibility index (Phi) is 3.97. The molecule has 0 spiro atoms. The SMILES string of the molecule is N#Cc1ccccc1NC(=O)C1CN(C(=O)c2cnccn2)C1. The van der Waals surface area contributed by atoms with E-state index in [2.05, 4.69) is 15.3 Å². The highest BCUT2D eigenvalue weighted by atomic mass is 16.2. The second-order valence-electron chi connectivity index (χ2n) is 5.14. The third-order valence-corrected chi connectivity index (χ3v) is 3.63. The molecule has 7 nitrogen and oxygen atoms in total. The van der Waals surface area contributed by atoms with Gasteiger partial charge in [-0.1, -0.05) is 12.1 Å². The standard InChI is InChI=1S/C16H13N5O2/c17-7-11-3-1-2-4-13(11)20-15(22)12-9-21(10-12)16(23)14-8-18-5-6-19-14/h1-6,8,12H,9-10H2,(H,20,22). The van der Waals surface area contributed by atoms with Crippen LogP contribution in [0, 0.1) is 17.2 Å². The summed E-state index contributed by atoms with van der Waals surface area (Å²) in [5.41, 5.74) is 1.16. The molecule has 7 heteroatoms. The van der Waals surface area contributed by atoms with Gasteiger partial charge >= 0.3 is 0 Å². The van der Waals surface area contributed by atoms with E-state index >= 15 is 0 Å². The number of rotatable bonds is 3. The molecule has 1 saturated heterocycles. The molecule has 1 aliphatic rings. The first-order chi connectivity index (χ1) is 11.2. The number of nitrogens with one attached hydrogen (secondary N) is 1. The molecule has 1 aromatic carbocycles. The highest BCUT2D eigenvalue weighted by molar-refractivity contribution is 5.98. The van der Waals surface area contributed by atoms with Crippen molar-refractivity contribution in [1.82, 2.24) is 14.9 Å². The van der Waals surface area contributed by atoms with Crippen molar-refractivity contribution < 1.29 is 9.59 Å². The Morgan fingerprint density at radius 2 is 2.04 bits per heavy atom. The van der Waals surface area contributed by atoms with Crippen molar-refractivity contribution in [2.24, 2.45) is 5.92 Å². The molecule has 0 unspecified atom stereocenters. The summed E-state index contributed by atoms with van der Waals surface area (Å²) < 4.78 is 0. The zero-order chi connectivity index (χ0) is 16.2. The maximum atomic E-state index is 12.2. The van der Waals surface area contributed by atoms with E-state index in [0.717, 1.165) is 0 Å². The first kappa shape index (κ1) is 14.7. The molecule has 0 bridgehead atoms. The minimum Gasteiger partial charge on any atom is -0.336 e. The Morgan fingerprint density at radius 3 is 2.74 bits per heavy atom. The van der Waals surface area contributed by atoms with E-state index in [9.17, 15) is 9.59 Å². The number of hydrogen-bond acceptors (Lipinski definition) is 5. The number of hydrogen-bond donors (Lipinski definition) is 1. The van der Waals surface area contributed by atoms with Gasteiger partial charge in [-0.2, -0.15) is 5.26 Å². The predicted octanol–water partition coefficient (Wildman–Crippen LogP) is 1.06. The summed E-state index contributed by atoms with van der Waals surface area (Å²) in [7, 11) is 0. The molecule has 23 heavy (non-hydrogen) atoms. The Labute approximate surface area is 132 Å². The van der Waals surface area contributed by atoms with Crippen LogP contribution in [-0.4, -0.2) is 39.8 Å². The largest absolute Gasteiger partial charge is 0.336 e. The van der Waals surface area contributed by atoms with Crippen molar-refractivity contribution in [3.05, 3.63) is 54.1 Å². The zero-order valence-electron chi connectivity index (χ0n) is 12.1. The number of likely N-dealkylation sites (tertiary alicyclic amines) is 1. The van der Waals surface area contributed by atoms with Crippen molar-refractivity contribution in [3.8, 4) is 6.07 Å². The van der Waals surface area contributed by atoms with Gasteiger partial charge in [-0.25, -0.2) is 4.98 Å². The average Bonchev–Trinajstić information content (AvgIpc) is 2.54. The summed E-state index contributed by atoms with van der Waals surface area (Å²) in [6.45, 7) is 0.659. The lowest BCUT2D eigenvalue weighted by molar-refractivity contribution is -0.123. The second-order valence-corrected chi connectivity index (χ2v) is 5.14. The smallest absolute Gasteiger partial charge is 0.274 e. The number of amides is 2. The molecule has 1 aliphatic heterocycles. The van der Waals surface area contributed by atoms with Gasteiger partial charge in [0.25, 0.3) is 5.91 Å². The van der Waals surface area contributed by atoms with Gasteiger partial charge < -0.3 is 10.2 Å². The molecule has 0 aliphatic carbocycles. The first-order valence-electron chi connectivity index (χ1n) is 7.04. The van der Waals surface area contributed by atoms with Crippen molar-refractivity contribution in [2.75, 3.05) is 18.4 Å². The average molecular weight is 307 g/mol. The van der Waals surface area contributed by atoms with E-state index in [-0.39, 0.29) is 23.4 Å². The van der Waals surface area contributed by atoms with Gasteiger partial charge in [0.15, 0.2) is 0 Å². The van der Waals surface area contributed by atoms with E-state index in [0.29, 0.717) is 24.3 Å². The lowest BCUT2D eigenvalue weighted by Crippen LogP contribution is -2.54. The summed E-state index contributed by atoms with van der Waals surface area (Å²) >= 11 is 0. The quantitative estimate of drug-likeness (QED) is 0.914. The van der Waals surface area contributed by atoms with Crippen molar-refractivity contribution >= 4 is 17.5 Å². The van der Waals surface area contributed by atoms with Gasteiger partial charge in [0, 0.05) is 25.5 Å². The molecular formula is C16H13N5O2. The molecule has 3 rings (SSSR count). The predicted molar refractivity (Wildman–Crippen MR) is 81.2 cm³/mol. The van der Waals surface area contributed by atoms with Crippen LogP contribution in [0.15, 0.2) is 42.9 Å². The maximum Gasteiger partial charge on any atom is 0.274 e. The van der Waals surface area contributed by atoms with E-state index < -0.39 is 0 Å². The third-order valence-electron chi connectivity index (χ3n) is 3.63. The number of nitrogens with zero attached hydrogens (tertiary/aromatic N) is 4. The van der Waals surface area contributed by atoms with Crippen LogP contribution >= 0.6 is 0 Å². The van der Waals surface area contributed by atoms with Crippen LogP contribution in [0.5, 0.6) is 0 Å². The number of aromatic nitrogens is 2. The summed E-state index contributed by atoms with van der Waals surface area (Å²) in [6.07, 6.45) is 4.35. The highest BCUT2D eigenvalue weighted by Crippen LogP contribution is 2.21. The normalized spacial score (nSPS) is 13.8. The van der Waals surface area contributed by atoms with E-state index in [1.165, 1.54) is 18.6 Å². The summed E-state index contributed by atoms with van der Waals surface area (Å²) in [6, 6.07) is 8.83. The van der Waals surface area contributed by atoms with Crippen LogP contribution in [0.4, 0.5) is 5.69 Å². The van der Waals surface area contributed by atoms with Crippen molar-refractivity contribution in [1.29, 1.82) is 5.26 Å². The van der Waals surface area contributed by atoms with Gasteiger partial charge in [0.05, 0.1) is 23.4 Å². The molecule has 114 valence electrons. The number of nitriles is 1. The van der Waals surface area contributed by atoms with Crippen molar-refractivity contribution in [3.63, 3.8) is 0 Å². The van der Waals surface area contributed by atoms with Gasteiger partial charge in [0.1, 0.15) is 11.8 Å². The number of carbonyl (C=O) groups is 2. The number of anilines is 1. The Hall–Kier alpha value is -3.27. The molecule has 2 aromatic rings. The molecule has 0 radical (unpaired) electrons. The van der Waals surface area contributed by atoms with Gasteiger partial charge in [0.2, 0.25) is 5.91 Å². The van der Waals surface area contributed by atoms with Crippen LogP contribution in [0.1, 0.15) is 16.1 Å². The Bertz CT molecular complexity index is 779. The van der Waals surface area contributed by atoms with E-state index in [4.69, 9.17) is 5.26 Å². The fourth-order valence-electron chi connectivity index (χ4n) is 2.31. The molecule has 2 amide bonds. The van der Waals surface area contributed by atoms with Gasteiger partial charge in [-0.15, -0.1) is 0 Å². The van der Waals surface area contributed by atoms with Crippen LogP contribution < -0.4 is 5.32 Å². The molecular weight excluding hydrogens is 294 g/mol. The Morgan fingerprint density at radius 1 is 1.26 bits per heavy atom. The lowest BCUT2D eigenvalue weighted by Gasteiger charge is -2.37. The minimum atomic E-state index is -0.289. The Balaban J connectivity index is 1.58. The molecule has 0 atom stereocenters. The highest BCUT2D eigenvalue weighted by Gasteiger charge is 2.36. The summed E-state index contributed by atoms with van der Waals surface area (Å²) in [5.74, 6) is -0.724. The summed E-state index contributed by atoms with van der Waals surface area (Å²) in [4.78, 5) is 33.6. The lowest BCUT2D eigenvalue weighted by atomic mass is 9.98. The monoisotopic (exact) mass is 307 g/mol. The number of carbonyl (C=O) groups excluding carboxylic acids is 2. The maximum absolute atomic E-state index is 12.2. The van der Waals surface area contributed by atoms with Crippen LogP contribution in [0.3, 0.4) is 0 Å². The molecule has 1 aromatic heterocycles. The van der Waals surface area contributed by atoms with E-state index in [1.54, 1.807) is 29.2 Å². The molecule has 0 saturated carbocycles. The fraction of sp³-hybridized carbons (Fsp3) is 0.188. The van der Waals surface area contributed by atoms with E-state index in [1.807, 2.05) is 6.07 Å². The van der Waals surface area contributed by atoms with Crippen molar-refractivity contribution in [2.45, 2.75) is 0 Å². The third kappa shape index (κ3) is 3.01. The minimum absolute atomic E-state index is 0.198. The molecule has 1 N–H and O–H groups in total. The topological polar surface area (TPSA) is 99.0 Å².